The maximum Gasteiger partial charge on any atom is 0.337 e. The molecule has 0 fully saturated rings. The third kappa shape index (κ3) is 2.74. The maximum atomic E-state index is 11.2. The Morgan fingerprint density at radius 3 is 2.25 bits per heavy atom. The van der Waals surface area contributed by atoms with Crippen LogP contribution in [0.2, 0.25) is 10.0 Å². The van der Waals surface area contributed by atoms with E-state index in [1.807, 2.05) is 0 Å². The van der Waals surface area contributed by atoms with E-state index in [0.717, 1.165) is 0 Å². The van der Waals surface area contributed by atoms with Gasteiger partial charge in [-0.15, -0.1) is 0 Å². The zero-order valence-electron chi connectivity index (χ0n) is 9.80. The summed E-state index contributed by atoms with van der Waals surface area (Å²) in [4.78, 5) is 26.2. The summed E-state index contributed by atoms with van der Waals surface area (Å²) in [5.41, 5.74) is 0.218. The molecule has 0 atom stereocenters. The first-order chi connectivity index (χ1) is 9.40. The summed E-state index contributed by atoms with van der Waals surface area (Å²) in [5, 5.41) is 18.4. The molecule has 0 aliphatic rings. The van der Waals surface area contributed by atoms with E-state index in [0.29, 0.717) is 5.56 Å². The maximum absolute atomic E-state index is 11.2. The van der Waals surface area contributed by atoms with Crippen molar-refractivity contribution in [3.8, 4) is 11.3 Å². The molecule has 5 nitrogen and oxygen atoms in total. The fourth-order valence-electron chi connectivity index (χ4n) is 1.67. The van der Waals surface area contributed by atoms with Crippen molar-refractivity contribution in [2.75, 3.05) is 0 Å². The molecule has 0 aliphatic carbocycles. The quantitative estimate of drug-likeness (QED) is 0.906. The smallest absolute Gasteiger partial charge is 0.337 e. The van der Waals surface area contributed by atoms with Crippen molar-refractivity contribution >= 4 is 35.1 Å². The van der Waals surface area contributed by atoms with Crippen molar-refractivity contribution < 1.29 is 19.8 Å². The predicted octanol–water partition coefficient (Wildman–Crippen LogP) is 3.45. The van der Waals surface area contributed by atoms with Crippen LogP contribution in [0.5, 0.6) is 0 Å². The number of halogens is 2. The van der Waals surface area contributed by atoms with E-state index in [1.165, 1.54) is 30.5 Å². The van der Waals surface area contributed by atoms with E-state index in [4.69, 9.17) is 33.4 Å². The number of nitrogens with zero attached hydrogens (tertiary/aromatic N) is 1. The normalized spacial score (nSPS) is 10.3. The third-order valence-electron chi connectivity index (χ3n) is 2.55. The minimum atomic E-state index is -1.21. The van der Waals surface area contributed by atoms with Crippen molar-refractivity contribution in [2.45, 2.75) is 0 Å². The molecule has 102 valence electrons. The lowest BCUT2D eigenvalue weighted by Crippen LogP contribution is -2.03. The average Bonchev–Trinajstić information content (AvgIpc) is 2.39. The van der Waals surface area contributed by atoms with E-state index >= 15 is 0 Å². The van der Waals surface area contributed by atoms with Crippen LogP contribution in [0, 0.1) is 0 Å². The summed E-state index contributed by atoms with van der Waals surface area (Å²) in [6.07, 6.45) is 1.29. The Kier molecular flexibility index (Phi) is 3.92. The van der Waals surface area contributed by atoms with Crippen molar-refractivity contribution in [1.29, 1.82) is 0 Å². The number of hydrogen-bond acceptors (Lipinski definition) is 3. The number of benzene rings is 1. The highest BCUT2D eigenvalue weighted by Crippen LogP contribution is 2.27. The van der Waals surface area contributed by atoms with E-state index in [2.05, 4.69) is 4.98 Å². The first-order valence-corrected chi connectivity index (χ1v) is 6.08. The van der Waals surface area contributed by atoms with Gasteiger partial charge in [-0.25, -0.2) is 9.59 Å². The number of carbonyl (C=O) groups is 2. The molecule has 1 heterocycles. The second-order valence-electron chi connectivity index (χ2n) is 3.85. The highest BCUT2D eigenvalue weighted by Gasteiger charge is 2.17. The Morgan fingerprint density at radius 1 is 1.00 bits per heavy atom. The van der Waals surface area contributed by atoms with Crippen molar-refractivity contribution in [3.05, 3.63) is 51.6 Å². The monoisotopic (exact) mass is 311 g/mol. The van der Waals surface area contributed by atoms with Crippen LogP contribution in [0.25, 0.3) is 11.3 Å². The van der Waals surface area contributed by atoms with Gasteiger partial charge >= 0.3 is 11.9 Å². The van der Waals surface area contributed by atoms with Crippen LogP contribution < -0.4 is 0 Å². The molecule has 20 heavy (non-hydrogen) atoms. The standard InChI is InChI=1S/C13H7Cl2NO4/c14-7-4-9(13(19)20)11(16-5-7)6-1-2-10(15)8(3-6)12(17)18/h1-5H,(H,17,18)(H,19,20). The number of carboxylic acids is 2. The average molecular weight is 312 g/mol. The van der Waals surface area contributed by atoms with Gasteiger partial charge in [-0.1, -0.05) is 29.3 Å². The molecular weight excluding hydrogens is 305 g/mol. The first kappa shape index (κ1) is 14.3. The fraction of sp³-hybridized carbons (Fsp3) is 0. The molecule has 0 saturated heterocycles. The molecule has 1 aromatic carbocycles. The van der Waals surface area contributed by atoms with Crippen molar-refractivity contribution in [1.82, 2.24) is 4.98 Å². The Labute approximate surface area is 123 Å². The Balaban J connectivity index is 2.66. The summed E-state index contributed by atoms with van der Waals surface area (Å²) >= 11 is 11.5. The highest BCUT2D eigenvalue weighted by molar-refractivity contribution is 6.33. The van der Waals surface area contributed by atoms with Gasteiger partial charge in [-0.3, -0.25) is 4.98 Å². The molecule has 0 radical (unpaired) electrons. The number of carboxylic acid groups (broad SMARTS) is 2. The van der Waals surface area contributed by atoms with Gasteiger partial charge in [0, 0.05) is 11.8 Å². The zero-order valence-corrected chi connectivity index (χ0v) is 11.3. The number of aromatic carboxylic acids is 2. The van der Waals surface area contributed by atoms with Gasteiger partial charge in [-0.05, 0) is 18.2 Å². The number of rotatable bonds is 3. The summed E-state index contributed by atoms with van der Waals surface area (Å²) in [6, 6.07) is 5.40. The lowest BCUT2D eigenvalue weighted by atomic mass is 10.0. The SMILES string of the molecule is O=C(O)c1cc(-c2ncc(Cl)cc2C(=O)O)ccc1Cl. The predicted molar refractivity (Wildman–Crippen MR) is 73.6 cm³/mol. The minimum absolute atomic E-state index is 0.0621. The molecule has 1 aromatic heterocycles. The van der Waals surface area contributed by atoms with Gasteiger partial charge in [0.2, 0.25) is 0 Å². The van der Waals surface area contributed by atoms with Crippen molar-refractivity contribution in [3.63, 3.8) is 0 Å². The number of pyridine rings is 1. The van der Waals surface area contributed by atoms with Gasteiger partial charge in [0.1, 0.15) is 0 Å². The summed E-state index contributed by atoms with van der Waals surface area (Å²) < 4.78 is 0. The molecule has 0 saturated carbocycles. The molecule has 0 spiro atoms. The van der Waals surface area contributed by atoms with Crippen LogP contribution in [-0.2, 0) is 0 Å². The second-order valence-corrected chi connectivity index (χ2v) is 4.70. The number of hydrogen-bond donors (Lipinski definition) is 2. The lowest BCUT2D eigenvalue weighted by Gasteiger charge is -2.07. The minimum Gasteiger partial charge on any atom is -0.478 e. The second kappa shape index (κ2) is 5.48. The van der Waals surface area contributed by atoms with Gasteiger partial charge in [0.15, 0.2) is 0 Å². The summed E-state index contributed by atoms with van der Waals surface area (Å²) in [5.74, 6) is -2.41. The summed E-state index contributed by atoms with van der Waals surface area (Å²) in [6.45, 7) is 0. The van der Waals surface area contributed by atoms with Crippen molar-refractivity contribution in [2.24, 2.45) is 0 Å². The van der Waals surface area contributed by atoms with Crippen LogP contribution in [-0.4, -0.2) is 27.1 Å². The van der Waals surface area contributed by atoms with Crippen LogP contribution in [0.3, 0.4) is 0 Å². The number of aromatic nitrogens is 1. The van der Waals surface area contributed by atoms with E-state index in [-0.39, 0.29) is 26.9 Å². The Hall–Kier alpha value is -2.11. The Morgan fingerprint density at radius 2 is 1.65 bits per heavy atom. The van der Waals surface area contributed by atoms with Gasteiger partial charge in [0.05, 0.1) is 26.9 Å². The molecule has 0 aliphatic heterocycles. The topological polar surface area (TPSA) is 87.5 Å². The Bertz CT molecular complexity index is 716. The van der Waals surface area contributed by atoms with E-state index < -0.39 is 11.9 Å². The van der Waals surface area contributed by atoms with Crippen LogP contribution in [0.1, 0.15) is 20.7 Å². The molecule has 0 amide bonds. The molecule has 0 bridgehead atoms. The summed E-state index contributed by atoms with van der Waals surface area (Å²) in [7, 11) is 0. The molecule has 2 N–H and O–H groups in total. The van der Waals surface area contributed by atoms with E-state index in [9.17, 15) is 9.59 Å². The molecule has 2 rings (SSSR count). The highest BCUT2D eigenvalue weighted by atomic mass is 35.5. The largest absolute Gasteiger partial charge is 0.478 e. The fourth-order valence-corrected chi connectivity index (χ4v) is 2.03. The van der Waals surface area contributed by atoms with Gasteiger partial charge in [0.25, 0.3) is 0 Å². The lowest BCUT2D eigenvalue weighted by molar-refractivity contribution is 0.0687. The molecule has 0 unspecified atom stereocenters. The first-order valence-electron chi connectivity index (χ1n) is 5.32. The van der Waals surface area contributed by atoms with E-state index in [1.54, 1.807) is 0 Å². The molecule has 7 heteroatoms. The van der Waals surface area contributed by atoms with Gasteiger partial charge < -0.3 is 10.2 Å². The van der Waals surface area contributed by atoms with Crippen LogP contribution in [0.4, 0.5) is 0 Å². The molecule has 2 aromatic rings. The third-order valence-corrected chi connectivity index (χ3v) is 3.09. The zero-order chi connectivity index (χ0) is 14.9. The van der Waals surface area contributed by atoms with Crippen LogP contribution >= 0.6 is 23.2 Å². The van der Waals surface area contributed by atoms with Crippen LogP contribution in [0.15, 0.2) is 30.5 Å². The van der Waals surface area contributed by atoms with Gasteiger partial charge in [-0.2, -0.15) is 0 Å². The molecular formula is C13H7Cl2NO4.